The second-order valence-electron chi connectivity index (χ2n) is 22.4. The number of hydrogen-bond donors (Lipinski definition) is 0. The van der Waals surface area contributed by atoms with E-state index in [0.717, 1.165) is 77.0 Å². The van der Waals surface area contributed by atoms with Crippen molar-refractivity contribution >= 4 is 17.9 Å². The highest BCUT2D eigenvalue weighted by molar-refractivity contribution is 5.71. The molecule has 0 aliphatic carbocycles. The largest absolute Gasteiger partial charge is 0.462 e. The van der Waals surface area contributed by atoms with E-state index >= 15 is 0 Å². The van der Waals surface area contributed by atoms with Gasteiger partial charge in [0.2, 0.25) is 0 Å². The smallest absolute Gasteiger partial charge is 0.306 e. The fourth-order valence-corrected chi connectivity index (χ4v) is 9.80. The molecule has 0 fully saturated rings. The zero-order valence-electron chi connectivity index (χ0n) is 50.3. The Labute approximate surface area is 467 Å². The summed E-state index contributed by atoms with van der Waals surface area (Å²) in [6.07, 6.45) is 79.8. The summed E-state index contributed by atoms with van der Waals surface area (Å²) < 4.78 is 16.9. The fourth-order valence-electron chi connectivity index (χ4n) is 9.80. The van der Waals surface area contributed by atoms with Crippen molar-refractivity contribution in [3.8, 4) is 0 Å². The van der Waals surface area contributed by atoms with Gasteiger partial charge in [0, 0.05) is 19.3 Å². The van der Waals surface area contributed by atoms with Crippen molar-refractivity contribution in [3.63, 3.8) is 0 Å². The van der Waals surface area contributed by atoms with Crippen LogP contribution < -0.4 is 0 Å². The SMILES string of the molecule is CCCCC/C=C\C/C=C\CCCCCCCCCC(=O)OC(COC(=O)CCCCCCCCCCCCCCC)COC(=O)CCCCCCCCCCCCCCCCC/C=C\C/C=C\CCCCCCC. The van der Waals surface area contributed by atoms with Crippen LogP contribution in [-0.2, 0) is 28.6 Å². The van der Waals surface area contributed by atoms with Crippen molar-refractivity contribution in [2.24, 2.45) is 0 Å². The molecule has 0 aromatic rings. The molecule has 0 saturated heterocycles. The maximum atomic E-state index is 12.9. The monoisotopic (exact) mass is 1050 g/mol. The molecule has 438 valence electrons. The van der Waals surface area contributed by atoms with Gasteiger partial charge in [0.05, 0.1) is 0 Å². The van der Waals surface area contributed by atoms with Gasteiger partial charge in [-0.3, -0.25) is 14.4 Å². The Morgan fingerprint density at radius 1 is 0.267 bits per heavy atom. The lowest BCUT2D eigenvalue weighted by molar-refractivity contribution is -0.167. The second-order valence-corrected chi connectivity index (χ2v) is 22.4. The van der Waals surface area contributed by atoms with Crippen molar-refractivity contribution < 1.29 is 28.6 Å². The molecular weight excluding hydrogens is 925 g/mol. The van der Waals surface area contributed by atoms with Gasteiger partial charge in [-0.2, -0.15) is 0 Å². The minimum Gasteiger partial charge on any atom is -0.462 e. The summed E-state index contributed by atoms with van der Waals surface area (Å²) in [5.41, 5.74) is 0. The Kier molecular flexibility index (Phi) is 61.7. The van der Waals surface area contributed by atoms with E-state index in [-0.39, 0.29) is 31.1 Å². The maximum Gasteiger partial charge on any atom is 0.306 e. The molecule has 0 spiro atoms. The summed E-state index contributed by atoms with van der Waals surface area (Å²) in [5, 5.41) is 0. The van der Waals surface area contributed by atoms with Crippen LogP contribution in [0.5, 0.6) is 0 Å². The standard InChI is InChI=1S/C69H126O6/c1-4-7-10-13-16-19-22-25-27-29-30-31-32-33-34-35-36-37-38-40-41-44-47-50-53-56-59-62-68(71)74-65-66(64-73-67(70)61-58-55-52-49-46-43-24-21-18-15-12-9-6-3)75-69(72)63-60-57-54-51-48-45-42-39-28-26-23-20-17-14-11-8-5-2/h17,20,22,25-26,28-30,66H,4-16,18-19,21,23-24,27,31-65H2,1-3H3/b20-17-,25-22-,28-26-,30-29-. The van der Waals surface area contributed by atoms with E-state index in [1.54, 1.807) is 0 Å². The summed E-state index contributed by atoms with van der Waals surface area (Å²) in [7, 11) is 0. The van der Waals surface area contributed by atoms with Gasteiger partial charge in [-0.15, -0.1) is 0 Å². The summed E-state index contributed by atoms with van der Waals surface area (Å²) >= 11 is 0. The number of hydrogen-bond acceptors (Lipinski definition) is 6. The lowest BCUT2D eigenvalue weighted by Gasteiger charge is -2.18. The van der Waals surface area contributed by atoms with Gasteiger partial charge in [-0.05, 0) is 83.5 Å². The molecule has 0 saturated carbocycles. The Balaban J connectivity index is 4.23. The van der Waals surface area contributed by atoms with Gasteiger partial charge in [-0.25, -0.2) is 0 Å². The molecule has 1 unspecified atom stereocenters. The van der Waals surface area contributed by atoms with Crippen LogP contribution in [0.2, 0.25) is 0 Å². The molecule has 0 aromatic heterocycles. The summed E-state index contributed by atoms with van der Waals surface area (Å²) in [5.74, 6) is -0.858. The Morgan fingerprint density at radius 2 is 0.480 bits per heavy atom. The van der Waals surface area contributed by atoms with Gasteiger partial charge in [-0.1, -0.05) is 301 Å². The first kappa shape index (κ1) is 72.4. The molecule has 0 N–H and O–H groups in total. The number of allylic oxidation sites excluding steroid dienone is 8. The van der Waals surface area contributed by atoms with Crippen molar-refractivity contribution in [2.45, 2.75) is 361 Å². The summed E-state index contributed by atoms with van der Waals surface area (Å²) in [6, 6.07) is 0. The number of carbonyl (C=O) groups is 3. The highest BCUT2D eigenvalue weighted by Crippen LogP contribution is 2.17. The Morgan fingerprint density at radius 3 is 0.760 bits per heavy atom. The van der Waals surface area contributed by atoms with Gasteiger partial charge in [0.15, 0.2) is 6.10 Å². The van der Waals surface area contributed by atoms with E-state index in [4.69, 9.17) is 14.2 Å². The van der Waals surface area contributed by atoms with E-state index in [1.165, 1.54) is 238 Å². The van der Waals surface area contributed by atoms with Gasteiger partial charge in [0.1, 0.15) is 13.2 Å². The highest BCUT2D eigenvalue weighted by atomic mass is 16.6. The number of rotatable bonds is 61. The number of esters is 3. The van der Waals surface area contributed by atoms with Crippen LogP contribution in [0.1, 0.15) is 355 Å². The van der Waals surface area contributed by atoms with Crippen LogP contribution in [0, 0.1) is 0 Å². The van der Waals surface area contributed by atoms with E-state index in [0.29, 0.717) is 19.3 Å². The molecule has 6 heteroatoms. The summed E-state index contributed by atoms with van der Waals surface area (Å²) in [4.78, 5) is 38.3. The average molecular weight is 1050 g/mol. The molecule has 0 aliphatic rings. The van der Waals surface area contributed by atoms with E-state index in [2.05, 4.69) is 69.4 Å². The number of unbranched alkanes of at least 4 members (excludes halogenated alkanes) is 42. The number of ether oxygens (including phenoxy) is 3. The fraction of sp³-hybridized carbons (Fsp3) is 0.841. The van der Waals surface area contributed by atoms with Crippen molar-refractivity contribution in [1.29, 1.82) is 0 Å². The van der Waals surface area contributed by atoms with Crippen LogP contribution in [0.25, 0.3) is 0 Å². The minimum absolute atomic E-state index is 0.0719. The Bertz CT molecular complexity index is 1300. The van der Waals surface area contributed by atoms with Gasteiger partial charge >= 0.3 is 17.9 Å². The van der Waals surface area contributed by atoms with E-state index < -0.39 is 6.10 Å². The van der Waals surface area contributed by atoms with Crippen molar-refractivity contribution in [1.82, 2.24) is 0 Å². The third-order valence-electron chi connectivity index (χ3n) is 14.8. The van der Waals surface area contributed by atoms with E-state index in [1.807, 2.05) is 0 Å². The predicted octanol–water partition coefficient (Wildman–Crippen LogP) is 22.6. The van der Waals surface area contributed by atoms with Crippen LogP contribution in [0.15, 0.2) is 48.6 Å². The van der Waals surface area contributed by atoms with Crippen LogP contribution in [0.4, 0.5) is 0 Å². The normalized spacial score (nSPS) is 12.3. The van der Waals surface area contributed by atoms with Crippen LogP contribution in [0.3, 0.4) is 0 Å². The van der Waals surface area contributed by atoms with Gasteiger partial charge in [0.25, 0.3) is 0 Å². The summed E-state index contributed by atoms with van der Waals surface area (Å²) in [6.45, 7) is 6.65. The predicted molar refractivity (Wildman–Crippen MR) is 325 cm³/mol. The molecule has 0 radical (unpaired) electrons. The van der Waals surface area contributed by atoms with Crippen molar-refractivity contribution in [3.05, 3.63) is 48.6 Å². The molecule has 6 nitrogen and oxygen atoms in total. The molecule has 0 heterocycles. The van der Waals surface area contributed by atoms with Crippen LogP contribution >= 0.6 is 0 Å². The zero-order chi connectivity index (χ0) is 54.3. The first-order valence-corrected chi connectivity index (χ1v) is 33.1. The first-order chi connectivity index (χ1) is 37.0. The topological polar surface area (TPSA) is 78.9 Å². The molecule has 0 rings (SSSR count). The highest BCUT2D eigenvalue weighted by Gasteiger charge is 2.19. The maximum absolute atomic E-state index is 12.9. The molecular formula is C69H126O6. The first-order valence-electron chi connectivity index (χ1n) is 33.1. The third kappa shape index (κ3) is 62.1. The Hall–Kier alpha value is -2.63. The quantitative estimate of drug-likeness (QED) is 0.0261. The minimum atomic E-state index is -0.775. The zero-order valence-corrected chi connectivity index (χ0v) is 50.3. The van der Waals surface area contributed by atoms with Crippen molar-refractivity contribution in [2.75, 3.05) is 13.2 Å². The average Bonchev–Trinajstić information content (AvgIpc) is 3.41. The molecule has 0 aromatic carbocycles. The third-order valence-corrected chi connectivity index (χ3v) is 14.8. The lowest BCUT2D eigenvalue weighted by Crippen LogP contribution is -2.30. The molecule has 0 aliphatic heterocycles. The molecule has 0 amide bonds. The van der Waals surface area contributed by atoms with Crippen LogP contribution in [-0.4, -0.2) is 37.2 Å². The lowest BCUT2D eigenvalue weighted by atomic mass is 10.0. The van der Waals surface area contributed by atoms with E-state index in [9.17, 15) is 14.4 Å². The molecule has 1 atom stereocenters. The number of carbonyl (C=O) groups excluding carboxylic acids is 3. The molecule has 75 heavy (non-hydrogen) atoms. The van der Waals surface area contributed by atoms with Gasteiger partial charge < -0.3 is 14.2 Å². The molecule has 0 bridgehead atoms. The second kappa shape index (κ2) is 63.9.